The third-order valence-electron chi connectivity index (χ3n) is 2.39. The molecule has 0 spiro atoms. The van der Waals surface area contributed by atoms with Crippen LogP contribution in [0.5, 0.6) is 0 Å². The molecule has 1 atom stereocenters. The molecule has 0 amide bonds. The third-order valence-corrected chi connectivity index (χ3v) is 3.60. The zero-order valence-electron chi connectivity index (χ0n) is 8.16. The summed E-state index contributed by atoms with van der Waals surface area (Å²) in [6, 6.07) is 3.40. The Hall–Kier alpha value is -0.580. The van der Waals surface area contributed by atoms with E-state index in [2.05, 4.69) is 5.32 Å². The van der Waals surface area contributed by atoms with Crippen molar-refractivity contribution in [2.75, 3.05) is 19.7 Å². The maximum absolute atomic E-state index is 11.5. The molecule has 1 aromatic heterocycles. The summed E-state index contributed by atoms with van der Waals surface area (Å²) in [5, 5.41) is 3.23. The number of carbonyl (C=O) groups excluding carboxylic acids is 1. The van der Waals surface area contributed by atoms with E-state index in [1.807, 2.05) is 0 Å². The van der Waals surface area contributed by atoms with Crippen LogP contribution in [0.4, 0.5) is 0 Å². The molecule has 1 aliphatic heterocycles. The fraction of sp³-hybridized carbons (Fsp3) is 0.500. The van der Waals surface area contributed by atoms with Crippen LogP contribution in [0.1, 0.15) is 16.1 Å². The van der Waals surface area contributed by atoms with Gasteiger partial charge in [0.15, 0.2) is 0 Å². The minimum absolute atomic E-state index is 0.265. The fourth-order valence-electron chi connectivity index (χ4n) is 1.55. The number of hydrogen-bond donors (Lipinski definition) is 1. The average molecular weight is 246 g/mol. The second-order valence-corrected chi connectivity index (χ2v) is 5.28. The summed E-state index contributed by atoms with van der Waals surface area (Å²) in [6.07, 6.45) is 1.08. The molecular formula is C10H12ClNO2S. The number of esters is 1. The largest absolute Gasteiger partial charge is 0.461 e. The molecule has 0 saturated carbocycles. The molecule has 1 unspecified atom stereocenters. The van der Waals surface area contributed by atoms with Crippen molar-refractivity contribution in [2.45, 2.75) is 6.42 Å². The molecular weight excluding hydrogens is 234 g/mol. The molecule has 2 rings (SSSR count). The van der Waals surface area contributed by atoms with Crippen molar-refractivity contribution in [3.63, 3.8) is 0 Å². The quantitative estimate of drug-likeness (QED) is 0.830. The molecule has 0 radical (unpaired) electrons. The van der Waals surface area contributed by atoms with Gasteiger partial charge < -0.3 is 10.1 Å². The number of halogens is 1. The van der Waals surface area contributed by atoms with Crippen molar-refractivity contribution in [2.24, 2.45) is 5.92 Å². The Labute approximate surface area is 97.4 Å². The predicted octanol–water partition coefficient (Wildman–Crippen LogP) is 2.17. The lowest BCUT2D eigenvalue weighted by Gasteiger charge is -2.08. The van der Waals surface area contributed by atoms with Crippen molar-refractivity contribution in [3.05, 3.63) is 21.3 Å². The van der Waals surface area contributed by atoms with Crippen LogP contribution in [0.15, 0.2) is 12.1 Å². The number of rotatable bonds is 3. The van der Waals surface area contributed by atoms with Crippen molar-refractivity contribution < 1.29 is 9.53 Å². The first kappa shape index (κ1) is 10.9. The summed E-state index contributed by atoms with van der Waals surface area (Å²) in [4.78, 5) is 12.1. The minimum Gasteiger partial charge on any atom is -0.461 e. The smallest absolute Gasteiger partial charge is 0.348 e. The van der Waals surface area contributed by atoms with Gasteiger partial charge in [0.1, 0.15) is 4.88 Å². The Bertz CT molecular complexity index is 347. The Morgan fingerprint density at radius 1 is 1.67 bits per heavy atom. The van der Waals surface area contributed by atoms with Gasteiger partial charge in [0.25, 0.3) is 0 Å². The van der Waals surface area contributed by atoms with Crippen LogP contribution in [0, 0.1) is 5.92 Å². The molecule has 1 N–H and O–H groups in total. The lowest BCUT2D eigenvalue weighted by Crippen LogP contribution is -2.16. The van der Waals surface area contributed by atoms with Crippen LogP contribution >= 0.6 is 22.9 Å². The summed E-state index contributed by atoms with van der Waals surface area (Å²) in [7, 11) is 0. The van der Waals surface area contributed by atoms with Crippen molar-refractivity contribution in [1.29, 1.82) is 0 Å². The van der Waals surface area contributed by atoms with Crippen molar-refractivity contribution >= 4 is 28.9 Å². The molecule has 0 aromatic carbocycles. The molecule has 0 aliphatic carbocycles. The van der Waals surface area contributed by atoms with E-state index in [1.165, 1.54) is 11.3 Å². The van der Waals surface area contributed by atoms with E-state index in [4.69, 9.17) is 16.3 Å². The summed E-state index contributed by atoms with van der Waals surface area (Å²) in [5.41, 5.74) is 0. The van der Waals surface area contributed by atoms with Crippen molar-refractivity contribution in [3.8, 4) is 0 Å². The summed E-state index contributed by atoms with van der Waals surface area (Å²) in [6.45, 7) is 2.47. The predicted molar refractivity (Wildman–Crippen MR) is 60.6 cm³/mol. The molecule has 1 saturated heterocycles. The number of carbonyl (C=O) groups is 1. The maximum Gasteiger partial charge on any atom is 0.348 e. The van der Waals surface area contributed by atoms with Crippen LogP contribution in [-0.4, -0.2) is 25.7 Å². The molecule has 3 nitrogen and oxygen atoms in total. The highest BCUT2D eigenvalue weighted by atomic mass is 35.5. The summed E-state index contributed by atoms with van der Waals surface area (Å²) in [5.74, 6) is 0.197. The summed E-state index contributed by atoms with van der Waals surface area (Å²) >= 11 is 6.99. The number of hydrogen-bond acceptors (Lipinski definition) is 4. The molecule has 15 heavy (non-hydrogen) atoms. The summed E-state index contributed by atoms with van der Waals surface area (Å²) < 4.78 is 5.81. The molecule has 5 heteroatoms. The molecule has 82 valence electrons. The Morgan fingerprint density at radius 2 is 2.53 bits per heavy atom. The molecule has 1 aliphatic rings. The first-order chi connectivity index (χ1) is 7.25. The van der Waals surface area contributed by atoms with Crippen LogP contribution in [-0.2, 0) is 4.74 Å². The van der Waals surface area contributed by atoms with Gasteiger partial charge in [0, 0.05) is 12.5 Å². The van der Waals surface area contributed by atoms with Gasteiger partial charge in [-0.25, -0.2) is 4.79 Å². The second kappa shape index (κ2) is 4.96. The lowest BCUT2D eigenvalue weighted by atomic mass is 10.1. The number of ether oxygens (including phenoxy) is 1. The van der Waals surface area contributed by atoms with Gasteiger partial charge >= 0.3 is 5.97 Å². The van der Waals surface area contributed by atoms with Gasteiger partial charge in [-0.1, -0.05) is 11.6 Å². The monoisotopic (exact) mass is 245 g/mol. The van der Waals surface area contributed by atoms with Gasteiger partial charge in [0.2, 0.25) is 0 Å². The lowest BCUT2D eigenvalue weighted by molar-refractivity contribution is 0.0456. The van der Waals surface area contributed by atoms with Gasteiger partial charge in [-0.3, -0.25) is 0 Å². The topological polar surface area (TPSA) is 38.3 Å². The van der Waals surface area contributed by atoms with Crippen LogP contribution in [0.25, 0.3) is 0 Å². The third kappa shape index (κ3) is 2.93. The molecule has 1 aromatic rings. The standard InChI is InChI=1S/C10H12ClNO2S/c11-9-2-1-8(15-9)10(13)14-6-7-3-4-12-5-7/h1-2,7,12H,3-6H2. The number of nitrogens with one attached hydrogen (secondary N) is 1. The van der Waals surface area contributed by atoms with Gasteiger partial charge in [-0.2, -0.15) is 0 Å². The van der Waals surface area contributed by atoms with Crippen LogP contribution < -0.4 is 5.32 Å². The van der Waals surface area contributed by atoms with Crippen molar-refractivity contribution in [1.82, 2.24) is 5.32 Å². The zero-order valence-corrected chi connectivity index (χ0v) is 9.74. The van der Waals surface area contributed by atoms with E-state index in [1.54, 1.807) is 12.1 Å². The normalized spacial score (nSPS) is 20.5. The van der Waals surface area contributed by atoms with E-state index >= 15 is 0 Å². The van der Waals surface area contributed by atoms with E-state index in [-0.39, 0.29) is 5.97 Å². The second-order valence-electron chi connectivity index (χ2n) is 3.56. The maximum atomic E-state index is 11.5. The van der Waals surface area contributed by atoms with E-state index < -0.39 is 0 Å². The highest BCUT2D eigenvalue weighted by molar-refractivity contribution is 7.17. The van der Waals surface area contributed by atoms with Gasteiger partial charge in [-0.15, -0.1) is 11.3 Å². The van der Waals surface area contributed by atoms with E-state index in [0.29, 0.717) is 21.7 Å². The molecule has 0 bridgehead atoms. The van der Waals surface area contributed by atoms with Crippen LogP contribution in [0.2, 0.25) is 4.34 Å². The SMILES string of the molecule is O=C(OCC1CCNC1)c1ccc(Cl)s1. The molecule has 2 heterocycles. The first-order valence-corrected chi connectivity index (χ1v) is 6.08. The average Bonchev–Trinajstić information content (AvgIpc) is 2.84. The molecule has 1 fully saturated rings. The van der Waals surface area contributed by atoms with E-state index in [0.717, 1.165) is 19.5 Å². The number of thiophene rings is 1. The first-order valence-electron chi connectivity index (χ1n) is 4.89. The Kier molecular flexibility index (Phi) is 3.61. The highest BCUT2D eigenvalue weighted by Crippen LogP contribution is 2.22. The fourth-order valence-corrected chi connectivity index (χ4v) is 2.48. The minimum atomic E-state index is -0.265. The highest BCUT2D eigenvalue weighted by Gasteiger charge is 2.17. The van der Waals surface area contributed by atoms with Crippen LogP contribution in [0.3, 0.4) is 0 Å². The Morgan fingerprint density at radius 3 is 3.13 bits per heavy atom. The van der Waals surface area contributed by atoms with E-state index in [9.17, 15) is 4.79 Å². The van der Waals surface area contributed by atoms with Gasteiger partial charge in [-0.05, 0) is 25.1 Å². The van der Waals surface area contributed by atoms with Gasteiger partial charge in [0.05, 0.1) is 10.9 Å². The zero-order chi connectivity index (χ0) is 10.7. The Balaban J connectivity index is 1.81.